The van der Waals surface area contributed by atoms with Gasteiger partial charge in [0.15, 0.2) is 6.29 Å². The van der Waals surface area contributed by atoms with Crippen LogP contribution in [-0.4, -0.2) is 56.7 Å². The molecule has 0 amide bonds. The van der Waals surface area contributed by atoms with Crippen molar-refractivity contribution in [3.63, 3.8) is 0 Å². The van der Waals surface area contributed by atoms with Gasteiger partial charge in [0.25, 0.3) is 0 Å². The van der Waals surface area contributed by atoms with E-state index in [0.717, 1.165) is 25.1 Å². The minimum atomic E-state index is -0.220. The average molecular weight is 492 g/mol. The monoisotopic (exact) mass is 491 g/mol. The van der Waals surface area contributed by atoms with Crippen molar-refractivity contribution in [2.24, 2.45) is 0 Å². The normalized spacial score (nSPS) is 17.9. The number of fused-ring (bicyclic) bond motifs is 1. The third-order valence-corrected chi connectivity index (χ3v) is 6.42. The molecule has 36 heavy (non-hydrogen) atoms. The second-order valence-corrected chi connectivity index (χ2v) is 9.10. The maximum absolute atomic E-state index is 12.1. The maximum Gasteiger partial charge on any atom is 0.320 e. The van der Waals surface area contributed by atoms with E-state index in [2.05, 4.69) is 47.4 Å². The molecule has 6 nitrogen and oxygen atoms in total. The molecular weight excluding hydrogens is 454 g/mol. The molecule has 0 spiro atoms. The number of hydrogen-bond donors (Lipinski definition) is 0. The molecule has 1 fully saturated rings. The van der Waals surface area contributed by atoms with Crippen molar-refractivity contribution >= 4 is 16.7 Å². The van der Waals surface area contributed by atoms with Crippen molar-refractivity contribution in [3.8, 4) is 5.75 Å². The number of benzene rings is 3. The van der Waals surface area contributed by atoms with E-state index in [1.165, 1.54) is 21.9 Å². The lowest BCUT2D eigenvalue weighted by atomic mass is 9.94. The molecule has 0 unspecified atom stereocenters. The minimum absolute atomic E-state index is 0.190. The summed E-state index contributed by atoms with van der Waals surface area (Å²) in [6.45, 7) is 7.91. The van der Waals surface area contributed by atoms with Gasteiger partial charge in [-0.15, -0.1) is 0 Å². The second kappa shape index (κ2) is 13.4. The van der Waals surface area contributed by atoms with Gasteiger partial charge in [-0.25, -0.2) is 0 Å². The summed E-state index contributed by atoms with van der Waals surface area (Å²) in [5.41, 5.74) is 2.43. The molecule has 1 saturated heterocycles. The molecule has 192 valence electrons. The molecule has 0 saturated carbocycles. The average Bonchev–Trinajstić information content (AvgIpc) is 2.89. The van der Waals surface area contributed by atoms with E-state index in [9.17, 15) is 4.79 Å². The van der Waals surface area contributed by atoms with Gasteiger partial charge in [0.1, 0.15) is 5.75 Å². The van der Waals surface area contributed by atoms with Crippen LogP contribution in [-0.2, 0) is 25.5 Å². The summed E-state index contributed by atoms with van der Waals surface area (Å²) in [7, 11) is 0. The highest BCUT2D eigenvalue weighted by Crippen LogP contribution is 2.31. The van der Waals surface area contributed by atoms with Gasteiger partial charge in [-0.1, -0.05) is 54.6 Å². The van der Waals surface area contributed by atoms with Crippen LogP contribution in [0.15, 0.2) is 66.7 Å². The molecule has 1 aliphatic rings. The highest BCUT2D eigenvalue weighted by molar-refractivity contribution is 5.87. The molecule has 3 aromatic rings. The zero-order valence-electron chi connectivity index (χ0n) is 21.4. The quantitative estimate of drug-likeness (QED) is 0.310. The number of ether oxygens (including phenoxy) is 4. The van der Waals surface area contributed by atoms with Crippen molar-refractivity contribution in [3.05, 3.63) is 77.9 Å². The Kier molecular flexibility index (Phi) is 9.73. The van der Waals surface area contributed by atoms with Gasteiger partial charge in [0.05, 0.1) is 33.0 Å². The third-order valence-electron chi connectivity index (χ3n) is 6.42. The standard InChI is InChI=1S/C30H37NO5/c1-3-33-26-15-16-28-24(18-26)12-8-13-27(28)25-21-35-30(36-22-25)14-9-17-31(20-29(32)34-4-2)19-23-10-6-5-7-11-23/h5-8,10-13,15-16,18,25,30H,3-4,9,14,17,19-22H2,1-2H3. The SMILES string of the molecule is CCOC(=O)CN(CCCC1OCC(c2cccc3cc(OCC)ccc23)CO1)Cc1ccccc1. The van der Waals surface area contributed by atoms with Crippen LogP contribution in [0, 0.1) is 0 Å². The summed E-state index contributed by atoms with van der Waals surface area (Å²) < 4.78 is 23.1. The lowest BCUT2D eigenvalue weighted by molar-refractivity contribution is -0.190. The number of carbonyl (C=O) groups excluding carboxylic acids is 1. The van der Waals surface area contributed by atoms with Gasteiger partial charge in [0.2, 0.25) is 0 Å². The van der Waals surface area contributed by atoms with E-state index in [1.54, 1.807) is 0 Å². The van der Waals surface area contributed by atoms with E-state index in [1.807, 2.05) is 38.1 Å². The number of esters is 1. The van der Waals surface area contributed by atoms with Gasteiger partial charge in [0, 0.05) is 12.5 Å². The number of nitrogens with zero attached hydrogens (tertiary/aromatic N) is 1. The summed E-state index contributed by atoms with van der Waals surface area (Å²) >= 11 is 0. The first-order valence-corrected chi connectivity index (χ1v) is 13.0. The molecule has 0 bridgehead atoms. The fraction of sp³-hybridized carbons (Fsp3) is 0.433. The Balaban J connectivity index is 1.29. The number of hydrogen-bond acceptors (Lipinski definition) is 6. The first-order valence-electron chi connectivity index (χ1n) is 13.0. The van der Waals surface area contributed by atoms with Crippen LogP contribution in [0.4, 0.5) is 0 Å². The van der Waals surface area contributed by atoms with Crippen molar-refractivity contribution in [1.82, 2.24) is 4.90 Å². The van der Waals surface area contributed by atoms with Crippen LogP contribution in [0.5, 0.6) is 5.75 Å². The van der Waals surface area contributed by atoms with E-state index in [-0.39, 0.29) is 24.7 Å². The zero-order valence-corrected chi connectivity index (χ0v) is 21.4. The summed E-state index contributed by atoms with van der Waals surface area (Å²) in [5, 5.41) is 2.38. The summed E-state index contributed by atoms with van der Waals surface area (Å²) in [4.78, 5) is 14.2. The summed E-state index contributed by atoms with van der Waals surface area (Å²) in [6, 6.07) is 22.8. The Morgan fingerprint density at radius 1 is 0.972 bits per heavy atom. The largest absolute Gasteiger partial charge is 0.494 e. The lowest BCUT2D eigenvalue weighted by Gasteiger charge is -2.31. The Bertz CT molecular complexity index is 1090. The molecule has 0 radical (unpaired) electrons. The molecule has 6 heteroatoms. The predicted octanol–water partition coefficient (Wildman–Crippen LogP) is 5.54. The van der Waals surface area contributed by atoms with Gasteiger partial charge in [-0.3, -0.25) is 9.69 Å². The van der Waals surface area contributed by atoms with E-state index in [4.69, 9.17) is 18.9 Å². The van der Waals surface area contributed by atoms with Gasteiger partial charge in [-0.2, -0.15) is 0 Å². The molecular formula is C30H37NO5. The highest BCUT2D eigenvalue weighted by atomic mass is 16.7. The summed E-state index contributed by atoms with van der Waals surface area (Å²) in [5.74, 6) is 0.897. The molecule has 0 atom stereocenters. The van der Waals surface area contributed by atoms with Crippen LogP contribution >= 0.6 is 0 Å². The van der Waals surface area contributed by atoms with E-state index >= 15 is 0 Å². The molecule has 4 rings (SSSR count). The molecule has 1 heterocycles. The van der Waals surface area contributed by atoms with Crippen LogP contribution in [0.2, 0.25) is 0 Å². The van der Waals surface area contributed by atoms with Crippen LogP contribution in [0.25, 0.3) is 10.8 Å². The topological polar surface area (TPSA) is 57.2 Å². The number of carbonyl (C=O) groups is 1. The van der Waals surface area contributed by atoms with Crippen molar-refractivity contribution in [2.45, 2.75) is 45.4 Å². The fourth-order valence-corrected chi connectivity index (χ4v) is 4.72. The zero-order chi connectivity index (χ0) is 25.2. The maximum atomic E-state index is 12.1. The van der Waals surface area contributed by atoms with Crippen molar-refractivity contribution < 1.29 is 23.7 Å². The first-order chi connectivity index (χ1) is 17.7. The Hall–Kier alpha value is -2.93. The molecule has 3 aromatic carbocycles. The Morgan fingerprint density at radius 3 is 2.53 bits per heavy atom. The van der Waals surface area contributed by atoms with E-state index in [0.29, 0.717) is 33.0 Å². The molecule has 0 aliphatic carbocycles. The lowest BCUT2D eigenvalue weighted by Crippen LogP contribution is -2.34. The van der Waals surface area contributed by atoms with Gasteiger partial charge < -0.3 is 18.9 Å². The number of rotatable bonds is 12. The first kappa shape index (κ1) is 26.1. The van der Waals surface area contributed by atoms with Crippen molar-refractivity contribution in [1.29, 1.82) is 0 Å². The second-order valence-electron chi connectivity index (χ2n) is 9.10. The Labute approximate surface area is 214 Å². The summed E-state index contributed by atoms with van der Waals surface area (Å²) in [6.07, 6.45) is 1.44. The van der Waals surface area contributed by atoms with Gasteiger partial charge >= 0.3 is 5.97 Å². The minimum Gasteiger partial charge on any atom is -0.494 e. The fourth-order valence-electron chi connectivity index (χ4n) is 4.72. The van der Waals surface area contributed by atoms with Crippen LogP contribution < -0.4 is 4.74 Å². The molecule has 0 aromatic heterocycles. The highest BCUT2D eigenvalue weighted by Gasteiger charge is 2.25. The predicted molar refractivity (Wildman–Crippen MR) is 141 cm³/mol. The van der Waals surface area contributed by atoms with Crippen LogP contribution in [0.3, 0.4) is 0 Å². The third kappa shape index (κ3) is 7.29. The smallest absolute Gasteiger partial charge is 0.320 e. The van der Waals surface area contributed by atoms with E-state index < -0.39 is 0 Å². The Morgan fingerprint density at radius 2 is 1.78 bits per heavy atom. The molecule has 1 aliphatic heterocycles. The van der Waals surface area contributed by atoms with Gasteiger partial charge in [-0.05, 0) is 67.3 Å². The molecule has 0 N–H and O–H groups in total. The van der Waals surface area contributed by atoms with Crippen LogP contribution in [0.1, 0.15) is 43.7 Å². The van der Waals surface area contributed by atoms with Crippen molar-refractivity contribution in [2.75, 3.05) is 39.5 Å².